The Morgan fingerprint density at radius 2 is 2.09 bits per heavy atom. The average Bonchev–Trinajstić information content (AvgIpc) is 2.77. The van der Waals surface area contributed by atoms with Crippen LogP contribution in [0.3, 0.4) is 0 Å². The van der Waals surface area contributed by atoms with Crippen molar-refractivity contribution in [3.63, 3.8) is 0 Å². The molecule has 1 N–H and O–H groups in total. The molecule has 1 fully saturated rings. The molecule has 1 aromatic rings. The molecule has 22 heavy (non-hydrogen) atoms. The summed E-state index contributed by atoms with van der Waals surface area (Å²) in [6.45, 7) is 1.93. The van der Waals surface area contributed by atoms with Crippen molar-refractivity contribution in [2.75, 3.05) is 6.61 Å². The zero-order chi connectivity index (χ0) is 16.5. The third kappa shape index (κ3) is 3.23. The third-order valence-electron chi connectivity index (χ3n) is 3.61. The molecule has 1 aromatic heterocycles. The minimum atomic E-state index is -4.80. The Bertz CT molecular complexity index is 576. The fraction of sp³-hybridized carbons (Fsp3) is 0.615. The molecule has 1 aliphatic carbocycles. The lowest BCUT2D eigenvalue weighted by atomic mass is 9.78. The normalized spacial score (nSPS) is 21.3. The van der Waals surface area contributed by atoms with E-state index in [4.69, 9.17) is 9.84 Å². The Kier molecular flexibility index (Phi) is 4.43. The smallest absolute Gasteiger partial charge is 0.433 e. The van der Waals surface area contributed by atoms with E-state index in [-0.39, 0.29) is 24.9 Å². The maximum absolute atomic E-state index is 13.0. The number of alkyl halides is 3. The van der Waals surface area contributed by atoms with Crippen LogP contribution in [-0.4, -0.2) is 33.4 Å². The molecular formula is C13H15F3N2O4. The Balaban J connectivity index is 2.09. The highest BCUT2D eigenvalue weighted by Gasteiger charge is 2.44. The van der Waals surface area contributed by atoms with Crippen molar-refractivity contribution >= 4 is 11.9 Å². The van der Waals surface area contributed by atoms with Crippen LogP contribution < -0.4 is 0 Å². The van der Waals surface area contributed by atoms with Crippen LogP contribution in [0.25, 0.3) is 0 Å². The number of esters is 1. The van der Waals surface area contributed by atoms with Crippen LogP contribution >= 0.6 is 0 Å². The van der Waals surface area contributed by atoms with E-state index in [0.717, 1.165) is 0 Å². The molecule has 1 aliphatic rings. The van der Waals surface area contributed by atoms with Crippen molar-refractivity contribution in [3.05, 3.63) is 17.5 Å². The Labute approximate surface area is 123 Å². The highest BCUT2D eigenvalue weighted by Crippen LogP contribution is 2.43. The Hall–Kier alpha value is -2.06. The highest BCUT2D eigenvalue weighted by atomic mass is 19.4. The zero-order valence-corrected chi connectivity index (χ0v) is 11.8. The van der Waals surface area contributed by atoms with Crippen LogP contribution in [0.5, 0.6) is 0 Å². The molecule has 2 rings (SSSR count). The maximum Gasteiger partial charge on any atom is 0.433 e. The quantitative estimate of drug-likeness (QED) is 0.843. The lowest BCUT2D eigenvalue weighted by molar-refractivity contribution is -0.149. The standard InChI is InChI=1S/C13H15F3N2O4/c1-2-22-10(19)5-7-3-8(4-7)18-11(13(14,15)16)9(6-17-18)12(20)21/h6-8H,2-5H2,1H3,(H,20,21). The molecular weight excluding hydrogens is 305 g/mol. The number of carbonyl (C=O) groups is 2. The highest BCUT2D eigenvalue weighted by molar-refractivity contribution is 5.88. The van der Waals surface area contributed by atoms with Gasteiger partial charge in [0.2, 0.25) is 0 Å². The molecule has 0 saturated heterocycles. The van der Waals surface area contributed by atoms with E-state index in [1.165, 1.54) is 0 Å². The number of nitrogens with zero attached hydrogens (tertiary/aromatic N) is 2. The van der Waals surface area contributed by atoms with Crippen LogP contribution in [0.4, 0.5) is 13.2 Å². The number of carboxylic acids is 1. The van der Waals surface area contributed by atoms with Gasteiger partial charge in [0.25, 0.3) is 0 Å². The van der Waals surface area contributed by atoms with Gasteiger partial charge in [-0.15, -0.1) is 0 Å². The van der Waals surface area contributed by atoms with Gasteiger partial charge >= 0.3 is 18.1 Å². The SMILES string of the molecule is CCOC(=O)CC1CC(n2ncc(C(=O)O)c2C(F)(F)F)C1. The van der Waals surface area contributed by atoms with Gasteiger partial charge in [-0.3, -0.25) is 9.48 Å². The van der Waals surface area contributed by atoms with Gasteiger partial charge in [0.15, 0.2) is 5.69 Å². The number of hydrogen-bond acceptors (Lipinski definition) is 4. The molecule has 1 heterocycles. The Morgan fingerprint density at radius 1 is 1.45 bits per heavy atom. The predicted octanol–water partition coefficient (Wildman–Crippen LogP) is 2.50. The molecule has 0 bridgehead atoms. The summed E-state index contributed by atoms with van der Waals surface area (Å²) in [5.41, 5.74) is -2.11. The first-order valence-electron chi connectivity index (χ1n) is 6.77. The molecule has 122 valence electrons. The van der Waals surface area contributed by atoms with E-state index in [9.17, 15) is 22.8 Å². The van der Waals surface area contributed by atoms with Crippen LogP contribution in [0.15, 0.2) is 6.20 Å². The maximum atomic E-state index is 13.0. The summed E-state index contributed by atoms with van der Waals surface area (Å²) in [5, 5.41) is 12.4. The number of hydrogen-bond donors (Lipinski definition) is 1. The summed E-state index contributed by atoms with van der Waals surface area (Å²) in [6.07, 6.45) is -3.26. The summed E-state index contributed by atoms with van der Waals surface area (Å²) in [6, 6.07) is -0.552. The van der Waals surface area contributed by atoms with Crippen LogP contribution in [-0.2, 0) is 15.7 Å². The number of carbonyl (C=O) groups excluding carboxylic acids is 1. The molecule has 9 heteroatoms. The third-order valence-corrected chi connectivity index (χ3v) is 3.61. The fourth-order valence-corrected chi connectivity index (χ4v) is 2.60. The number of aromatic nitrogens is 2. The minimum Gasteiger partial charge on any atom is -0.478 e. The van der Waals surface area contributed by atoms with Gasteiger partial charge in [0.05, 0.1) is 18.8 Å². The molecule has 0 atom stereocenters. The second kappa shape index (κ2) is 5.98. The predicted molar refractivity (Wildman–Crippen MR) is 67.2 cm³/mol. The Morgan fingerprint density at radius 3 is 2.59 bits per heavy atom. The minimum absolute atomic E-state index is 0.0670. The summed E-state index contributed by atoms with van der Waals surface area (Å²) in [4.78, 5) is 22.2. The van der Waals surface area contributed by atoms with E-state index < -0.39 is 29.4 Å². The fourth-order valence-electron chi connectivity index (χ4n) is 2.60. The number of rotatable bonds is 5. The molecule has 6 nitrogen and oxygen atoms in total. The second-order valence-corrected chi connectivity index (χ2v) is 5.15. The van der Waals surface area contributed by atoms with Crippen LogP contribution in [0, 0.1) is 5.92 Å². The van der Waals surface area contributed by atoms with Crippen molar-refractivity contribution < 1.29 is 32.6 Å². The van der Waals surface area contributed by atoms with Gasteiger partial charge in [-0.2, -0.15) is 18.3 Å². The monoisotopic (exact) mass is 320 g/mol. The van der Waals surface area contributed by atoms with Gasteiger partial charge in [0, 0.05) is 6.42 Å². The van der Waals surface area contributed by atoms with E-state index in [0.29, 0.717) is 23.7 Å². The van der Waals surface area contributed by atoms with Gasteiger partial charge in [-0.25, -0.2) is 4.79 Å². The number of ether oxygens (including phenoxy) is 1. The first kappa shape index (κ1) is 16.3. The molecule has 0 aromatic carbocycles. The van der Waals surface area contributed by atoms with E-state index >= 15 is 0 Å². The van der Waals surface area contributed by atoms with Gasteiger partial charge in [-0.05, 0) is 25.7 Å². The van der Waals surface area contributed by atoms with Crippen molar-refractivity contribution in [2.45, 2.75) is 38.4 Å². The topological polar surface area (TPSA) is 81.4 Å². The van der Waals surface area contributed by atoms with Gasteiger partial charge in [-0.1, -0.05) is 0 Å². The van der Waals surface area contributed by atoms with Crippen molar-refractivity contribution in [3.8, 4) is 0 Å². The van der Waals surface area contributed by atoms with Crippen LogP contribution in [0.1, 0.15) is 48.3 Å². The molecule has 0 unspecified atom stereocenters. The summed E-state index contributed by atoms with van der Waals surface area (Å²) in [5.74, 6) is -2.11. The van der Waals surface area contributed by atoms with Gasteiger partial charge < -0.3 is 9.84 Å². The first-order valence-corrected chi connectivity index (χ1v) is 6.77. The second-order valence-electron chi connectivity index (χ2n) is 5.15. The van der Waals surface area contributed by atoms with Crippen molar-refractivity contribution in [1.29, 1.82) is 0 Å². The molecule has 1 saturated carbocycles. The van der Waals surface area contributed by atoms with Crippen molar-refractivity contribution in [1.82, 2.24) is 9.78 Å². The number of carboxylic acid groups (broad SMARTS) is 1. The first-order chi connectivity index (χ1) is 10.2. The zero-order valence-electron chi connectivity index (χ0n) is 11.8. The largest absolute Gasteiger partial charge is 0.478 e. The number of halogens is 3. The van der Waals surface area contributed by atoms with E-state index in [1.807, 2.05) is 0 Å². The van der Waals surface area contributed by atoms with Gasteiger partial charge in [0.1, 0.15) is 5.56 Å². The van der Waals surface area contributed by atoms with E-state index in [2.05, 4.69) is 5.10 Å². The molecule has 0 spiro atoms. The summed E-state index contributed by atoms with van der Waals surface area (Å²) < 4.78 is 44.6. The average molecular weight is 320 g/mol. The summed E-state index contributed by atoms with van der Waals surface area (Å²) >= 11 is 0. The van der Waals surface area contributed by atoms with E-state index in [1.54, 1.807) is 6.92 Å². The lowest BCUT2D eigenvalue weighted by Crippen LogP contribution is -2.32. The molecule has 0 aliphatic heterocycles. The van der Waals surface area contributed by atoms with Crippen LogP contribution in [0.2, 0.25) is 0 Å². The number of aromatic carboxylic acids is 1. The lowest BCUT2D eigenvalue weighted by Gasteiger charge is -2.36. The molecule has 0 amide bonds. The van der Waals surface area contributed by atoms with Crippen molar-refractivity contribution in [2.24, 2.45) is 5.92 Å². The summed E-state index contributed by atoms with van der Waals surface area (Å²) in [7, 11) is 0. The molecule has 0 radical (unpaired) electrons.